The fourth-order valence-corrected chi connectivity index (χ4v) is 3.81. The Kier molecular flexibility index (Phi) is 5.15. The highest BCUT2D eigenvalue weighted by molar-refractivity contribution is 6.12. The zero-order valence-corrected chi connectivity index (χ0v) is 17.8. The molecule has 2 heterocycles. The maximum absolute atomic E-state index is 12.9. The van der Waals surface area contributed by atoms with Crippen LogP contribution in [0.5, 0.6) is 23.0 Å². The number of ether oxygens (including phenoxy) is 4. The van der Waals surface area contributed by atoms with Gasteiger partial charge >= 0.3 is 0 Å². The van der Waals surface area contributed by atoms with Crippen molar-refractivity contribution in [1.29, 1.82) is 0 Å². The van der Waals surface area contributed by atoms with E-state index in [0.717, 1.165) is 28.2 Å². The second-order valence-corrected chi connectivity index (χ2v) is 7.64. The molecule has 5 rings (SSSR count). The van der Waals surface area contributed by atoms with E-state index in [1.807, 2.05) is 61.5 Å². The Hall–Kier alpha value is -3.99. The Balaban J connectivity index is 1.35. The minimum atomic E-state index is -0.183. The second kappa shape index (κ2) is 8.27. The van der Waals surface area contributed by atoms with Crippen LogP contribution in [-0.2, 0) is 6.61 Å². The number of fused-ring (bicyclic) bond motifs is 2. The summed E-state index contributed by atoms with van der Waals surface area (Å²) < 4.78 is 23.2. The Labute approximate surface area is 186 Å². The molecule has 0 N–H and O–H groups in total. The molecule has 3 aromatic rings. The van der Waals surface area contributed by atoms with E-state index >= 15 is 0 Å². The van der Waals surface area contributed by atoms with Gasteiger partial charge in [-0.1, -0.05) is 36.4 Å². The van der Waals surface area contributed by atoms with Gasteiger partial charge in [0.2, 0.25) is 5.78 Å². The normalized spacial score (nSPS) is 17.7. The van der Waals surface area contributed by atoms with Crippen molar-refractivity contribution in [3.63, 3.8) is 0 Å². The summed E-state index contributed by atoms with van der Waals surface area (Å²) >= 11 is 0. The SMILES string of the molecule is COc1ccccc1COc1ccc2c(c1)O/C(=C\C1=Cc3ccccc3O[C@@H]1C)C2=O. The molecule has 0 spiro atoms. The summed E-state index contributed by atoms with van der Waals surface area (Å²) in [6.45, 7) is 2.30. The summed E-state index contributed by atoms with van der Waals surface area (Å²) in [7, 11) is 1.63. The van der Waals surface area contributed by atoms with Crippen molar-refractivity contribution >= 4 is 11.9 Å². The molecular formula is C27H22O5. The molecule has 32 heavy (non-hydrogen) atoms. The monoisotopic (exact) mass is 426 g/mol. The van der Waals surface area contributed by atoms with Crippen molar-refractivity contribution in [2.45, 2.75) is 19.6 Å². The van der Waals surface area contributed by atoms with Crippen molar-refractivity contribution in [2.75, 3.05) is 7.11 Å². The van der Waals surface area contributed by atoms with Crippen LogP contribution in [0, 0.1) is 0 Å². The molecule has 5 nitrogen and oxygen atoms in total. The van der Waals surface area contributed by atoms with Gasteiger partial charge in [-0.15, -0.1) is 0 Å². The van der Waals surface area contributed by atoms with E-state index in [2.05, 4.69) is 0 Å². The first-order valence-electron chi connectivity index (χ1n) is 10.4. The molecule has 2 aliphatic heterocycles. The van der Waals surface area contributed by atoms with E-state index in [-0.39, 0.29) is 17.6 Å². The number of ketones is 1. The van der Waals surface area contributed by atoms with Crippen LogP contribution >= 0.6 is 0 Å². The van der Waals surface area contributed by atoms with Crippen LogP contribution in [0.1, 0.15) is 28.4 Å². The third-order valence-corrected chi connectivity index (χ3v) is 5.54. The zero-order chi connectivity index (χ0) is 22.1. The summed E-state index contributed by atoms with van der Waals surface area (Å²) in [5.74, 6) is 2.84. The van der Waals surface area contributed by atoms with Crippen molar-refractivity contribution in [3.05, 3.63) is 101 Å². The van der Waals surface area contributed by atoms with Crippen molar-refractivity contribution < 1.29 is 23.7 Å². The molecule has 0 aromatic heterocycles. The Bertz CT molecular complexity index is 1250. The number of benzene rings is 3. The van der Waals surface area contributed by atoms with Gasteiger partial charge in [0.25, 0.3) is 0 Å². The average molecular weight is 426 g/mol. The summed E-state index contributed by atoms with van der Waals surface area (Å²) in [6.07, 6.45) is 3.60. The molecule has 0 fully saturated rings. The number of para-hydroxylation sites is 2. The van der Waals surface area contributed by atoms with Gasteiger partial charge in [0.1, 0.15) is 35.7 Å². The lowest BCUT2D eigenvalue weighted by Gasteiger charge is -2.22. The lowest BCUT2D eigenvalue weighted by atomic mass is 10.0. The molecule has 2 aliphatic rings. The van der Waals surface area contributed by atoms with Crippen LogP contribution in [0.3, 0.4) is 0 Å². The number of hydrogen-bond acceptors (Lipinski definition) is 5. The van der Waals surface area contributed by atoms with Crippen molar-refractivity contribution in [1.82, 2.24) is 0 Å². The van der Waals surface area contributed by atoms with Crippen LogP contribution in [-0.4, -0.2) is 19.0 Å². The van der Waals surface area contributed by atoms with Gasteiger partial charge in [-0.25, -0.2) is 0 Å². The highest BCUT2D eigenvalue weighted by atomic mass is 16.5. The highest BCUT2D eigenvalue weighted by Gasteiger charge is 2.29. The second-order valence-electron chi connectivity index (χ2n) is 7.64. The summed E-state index contributed by atoms with van der Waals surface area (Å²) in [5.41, 5.74) is 3.32. The predicted octanol–water partition coefficient (Wildman–Crippen LogP) is 5.60. The molecule has 0 unspecified atom stereocenters. The maximum Gasteiger partial charge on any atom is 0.231 e. The largest absolute Gasteiger partial charge is 0.496 e. The third kappa shape index (κ3) is 3.73. The highest BCUT2D eigenvalue weighted by Crippen LogP contribution is 2.36. The van der Waals surface area contributed by atoms with Crippen LogP contribution < -0.4 is 18.9 Å². The quantitative estimate of drug-likeness (QED) is 0.497. The number of carbonyl (C=O) groups excluding carboxylic acids is 1. The van der Waals surface area contributed by atoms with E-state index in [9.17, 15) is 4.79 Å². The maximum atomic E-state index is 12.9. The van der Waals surface area contributed by atoms with E-state index in [1.54, 1.807) is 31.4 Å². The molecule has 1 atom stereocenters. The van der Waals surface area contributed by atoms with E-state index in [4.69, 9.17) is 18.9 Å². The fraction of sp³-hybridized carbons (Fsp3) is 0.148. The molecule has 0 amide bonds. The summed E-state index contributed by atoms with van der Waals surface area (Å²) in [4.78, 5) is 12.9. The molecule has 5 heteroatoms. The van der Waals surface area contributed by atoms with E-state index < -0.39 is 0 Å². The van der Waals surface area contributed by atoms with Gasteiger partial charge in [-0.2, -0.15) is 0 Å². The molecule has 0 radical (unpaired) electrons. The first-order chi connectivity index (χ1) is 15.6. The summed E-state index contributed by atoms with van der Waals surface area (Å²) in [6, 6.07) is 20.8. The third-order valence-electron chi connectivity index (χ3n) is 5.54. The topological polar surface area (TPSA) is 54.0 Å². The van der Waals surface area contributed by atoms with Crippen LogP contribution in [0.15, 0.2) is 84.1 Å². The van der Waals surface area contributed by atoms with Crippen LogP contribution in [0.25, 0.3) is 6.08 Å². The molecule has 0 aliphatic carbocycles. The van der Waals surface area contributed by atoms with Gasteiger partial charge in [0.05, 0.1) is 12.7 Å². The number of Topliss-reactive ketones (excluding diaryl/α,β-unsaturated/α-hetero) is 1. The van der Waals surface area contributed by atoms with Gasteiger partial charge in [-0.3, -0.25) is 4.79 Å². The number of hydrogen-bond donors (Lipinski definition) is 0. The van der Waals surface area contributed by atoms with Crippen LogP contribution in [0.2, 0.25) is 0 Å². The molecule has 160 valence electrons. The molecule has 0 bridgehead atoms. The molecule has 0 saturated heterocycles. The van der Waals surface area contributed by atoms with Gasteiger partial charge < -0.3 is 18.9 Å². The standard InChI is InChI=1S/C27H22O5/c1-17-20(13-18-7-3-6-10-24(18)31-17)14-26-27(28)22-12-11-21(15-25(22)32-26)30-16-19-8-4-5-9-23(19)29-2/h3-15,17H,16H2,1-2H3/b26-14-/t17-/m1/s1. The number of allylic oxidation sites excluding steroid dienone is 1. The smallest absolute Gasteiger partial charge is 0.231 e. The molecule has 3 aromatic carbocycles. The van der Waals surface area contributed by atoms with Crippen molar-refractivity contribution in [3.8, 4) is 23.0 Å². The van der Waals surface area contributed by atoms with E-state index in [0.29, 0.717) is 23.7 Å². The number of rotatable bonds is 5. The number of carbonyl (C=O) groups is 1. The minimum absolute atomic E-state index is 0.150. The lowest BCUT2D eigenvalue weighted by Crippen LogP contribution is -2.18. The van der Waals surface area contributed by atoms with Crippen molar-refractivity contribution in [2.24, 2.45) is 0 Å². The first-order valence-corrected chi connectivity index (χ1v) is 10.4. The molecule has 0 saturated carbocycles. The molecular weight excluding hydrogens is 404 g/mol. The lowest BCUT2D eigenvalue weighted by molar-refractivity contribution is 0.101. The summed E-state index contributed by atoms with van der Waals surface area (Å²) in [5, 5.41) is 0. The fourth-order valence-electron chi connectivity index (χ4n) is 3.81. The van der Waals surface area contributed by atoms with Gasteiger partial charge in [0.15, 0.2) is 5.76 Å². The van der Waals surface area contributed by atoms with Crippen LogP contribution in [0.4, 0.5) is 0 Å². The Morgan fingerprint density at radius 2 is 1.81 bits per heavy atom. The minimum Gasteiger partial charge on any atom is -0.496 e. The van der Waals surface area contributed by atoms with E-state index in [1.165, 1.54) is 0 Å². The Morgan fingerprint density at radius 3 is 2.69 bits per heavy atom. The predicted molar refractivity (Wildman–Crippen MR) is 121 cm³/mol. The zero-order valence-electron chi connectivity index (χ0n) is 17.8. The average Bonchev–Trinajstić information content (AvgIpc) is 3.12. The Morgan fingerprint density at radius 1 is 1.00 bits per heavy atom. The number of methoxy groups -OCH3 is 1. The first kappa shape index (κ1) is 19.9. The van der Waals surface area contributed by atoms with Gasteiger partial charge in [-0.05, 0) is 48.9 Å². The van der Waals surface area contributed by atoms with Gasteiger partial charge in [0, 0.05) is 17.2 Å².